The van der Waals surface area contributed by atoms with Gasteiger partial charge in [-0.1, -0.05) is 42.0 Å². The van der Waals surface area contributed by atoms with E-state index in [0.29, 0.717) is 0 Å². The summed E-state index contributed by atoms with van der Waals surface area (Å²) < 4.78 is 13.6. The predicted molar refractivity (Wildman–Crippen MR) is 56.7 cm³/mol. The molecule has 1 aliphatic rings. The average Bonchev–Trinajstić information content (AvgIpc) is 2.19. The molecule has 1 aromatic rings. The Balaban J connectivity index is 2.27. The van der Waals surface area contributed by atoms with Crippen molar-refractivity contribution in [3.05, 3.63) is 59.4 Å². The Morgan fingerprint density at radius 2 is 1.93 bits per heavy atom. The third kappa shape index (κ3) is 1.77. The van der Waals surface area contributed by atoms with Crippen molar-refractivity contribution in [3.8, 4) is 0 Å². The maximum atomic E-state index is 13.6. The van der Waals surface area contributed by atoms with Crippen LogP contribution in [0.25, 0.3) is 0 Å². The Bertz CT molecular complexity index is 373. The molecule has 0 heterocycles. The fraction of sp³-hybridized carbons (Fsp3) is 0.231. The second kappa shape index (κ2) is 3.79. The van der Waals surface area contributed by atoms with Crippen LogP contribution in [0.15, 0.2) is 53.9 Å². The molecule has 14 heavy (non-hydrogen) atoms. The SMILES string of the molecule is CC1=CCC(c2ccccc2)C(F)=C1. The van der Waals surface area contributed by atoms with E-state index in [4.69, 9.17) is 0 Å². The highest BCUT2D eigenvalue weighted by atomic mass is 19.1. The Morgan fingerprint density at radius 3 is 2.57 bits per heavy atom. The molecule has 0 nitrogen and oxygen atoms in total. The van der Waals surface area contributed by atoms with Crippen molar-refractivity contribution >= 4 is 0 Å². The summed E-state index contributed by atoms with van der Waals surface area (Å²) >= 11 is 0. The van der Waals surface area contributed by atoms with Gasteiger partial charge in [-0.05, 0) is 25.0 Å². The van der Waals surface area contributed by atoms with Crippen LogP contribution >= 0.6 is 0 Å². The molecular formula is C13H13F. The first-order valence-corrected chi connectivity index (χ1v) is 4.86. The normalized spacial score (nSPS) is 21.4. The van der Waals surface area contributed by atoms with Gasteiger partial charge in [0.1, 0.15) is 5.83 Å². The van der Waals surface area contributed by atoms with E-state index in [2.05, 4.69) is 6.08 Å². The maximum Gasteiger partial charge on any atom is 0.108 e. The molecule has 0 saturated carbocycles. The van der Waals surface area contributed by atoms with E-state index < -0.39 is 0 Å². The molecule has 72 valence electrons. The zero-order valence-electron chi connectivity index (χ0n) is 8.20. The highest BCUT2D eigenvalue weighted by Gasteiger charge is 2.18. The lowest BCUT2D eigenvalue weighted by Crippen LogP contribution is -2.02. The summed E-state index contributed by atoms with van der Waals surface area (Å²) in [6.07, 6.45) is 4.49. The highest BCUT2D eigenvalue weighted by molar-refractivity contribution is 5.34. The van der Waals surface area contributed by atoms with Gasteiger partial charge >= 0.3 is 0 Å². The summed E-state index contributed by atoms with van der Waals surface area (Å²) in [7, 11) is 0. The minimum atomic E-state index is -0.0695. The van der Waals surface area contributed by atoms with Crippen LogP contribution in [0.1, 0.15) is 24.8 Å². The molecule has 2 rings (SSSR count). The fourth-order valence-corrected chi connectivity index (χ4v) is 1.77. The molecule has 0 N–H and O–H groups in total. The number of allylic oxidation sites excluding steroid dienone is 4. The number of rotatable bonds is 1. The van der Waals surface area contributed by atoms with Crippen molar-refractivity contribution in [3.63, 3.8) is 0 Å². The third-order valence-electron chi connectivity index (χ3n) is 2.58. The van der Waals surface area contributed by atoms with E-state index in [0.717, 1.165) is 17.6 Å². The van der Waals surface area contributed by atoms with Crippen molar-refractivity contribution in [1.29, 1.82) is 0 Å². The van der Waals surface area contributed by atoms with Gasteiger partial charge in [-0.25, -0.2) is 4.39 Å². The van der Waals surface area contributed by atoms with Crippen LogP contribution in [0.5, 0.6) is 0 Å². The van der Waals surface area contributed by atoms with Crippen LogP contribution < -0.4 is 0 Å². The molecule has 1 unspecified atom stereocenters. The molecule has 1 atom stereocenters. The van der Waals surface area contributed by atoms with Crippen molar-refractivity contribution in [1.82, 2.24) is 0 Å². The van der Waals surface area contributed by atoms with E-state index in [1.165, 1.54) is 0 Å². The summed E-state index contributed by atoms with van der Waals surface area (Å²) in [6.45, 7) is 1.93. The zero-order chi connectivity index (χ0) is 9.97. The zero-order valence-corrected chi connectivity index (χ0v) is 8.20. The number of hydrogen-bond donors (Lipinski definition) is 0. The molecule has 1 heteroatoms. The van der Waals surface area contributed by atoms with Gasteiger partial charge < -0.3 is 0 Å². The molecule has 0 radical (unpaired) electrons. The molecule has 0 aromatic heterocycles. The lowest BCUT2D eigenvalue weighted by molar-refractivity contribution is 0.538. The molecule has 0 saturated heterocycles. The molecule has 0 spiro atoms. The van der Waals surface area contributed by atoms with E-state index in [1.54, 1.807) is 6.08 Å². The Hall–Kier alpha value is -1.37. The monoisotopic (exact) mass is 188 g/mol. The quantitative estimate of drug-likeness (QED) is 0.625. The molecule has 1 aromatic carbocycles. The number of benzene rings is 1. The van der Waals surface area contributed by atoms with Gasteiger partial charge in [0, 0.05) is 5.92 Å². The minimum absolute atomic E-state index is 0.0174. The van der Waals surface area contributed by atoms with Gasteiger partial charge in [0.05, 0.1) is 0 Å². The predicted octanol–water partition coefficient (Wildman–Crippen LogP) is 3.97. The number of hydrogen-bond acceptors (Lipinski definition) is 0. The fourth-order valence-electron chi connectivity index (χ4n) is 1.77. The smallest absolute Gasteiger partial charge is 0.108 e. The molecule has 0 fully saturated rings. The van der Waals surface area contributed by atoms with Gasteiger partial charge in [-0.2, -0.15) is 0 Å². The molecule has 0 amide bonds. The first-order valence-electron chi connectivity index (χ1n) is 4.86. The topological polar surface area (TPSA) is 0 Å². The van der Waals surface area contributed by atoms with E-state index in [-0.39, 0.29) is 11.7 Å². The second-order valence-corrected chi connectivity index (χ2v) is 3.68. The van der Waals surface area contributed by atoms with E-state index in [1.807, 2.05) is 37.3 Å². The lowest BCUT2D eigenvalue weighted by Gasteiger charge is -2.17. The number of halogens is 1. The molecule has 0 bridgehead atoms. The summed E-state index contributed by atoms with van der Waals surface area (Å²) in [6, 6.07) is 9.82. The van der Waals surface area contributed by atoms with E-state index in [9.17, 15) is 4.39 Å². The molecule has 0 aliphatic heterocycles. The Morgan fingerprint density at radius 1 is 1.21 bits per heavy atom. The highest BCUT2D eigenvalue weighted by Crippen LogP contribution is 2.33. The summed E-state index contributed by atoms with van der Waals surface area (Å²) in [4.78, 5) is 0. The van der Waals surface area contributed by atoms with Crippen LogP contribution in [-0.2, 0) is 0 Å². The van der Waals surface area contributed by atoms with Gasteiger partial charge in [0.2, 0.25) is 0 Å². The average molecular weight is 188 g/mol. The summed E-state index contributed by atoms with van der Waals surface area (Å²) in [5.41, 5.74) is 2.08. The molecule has 1 aliphatic carbocycles. The summed E-state index contributed by atoms with van der Waals surface area (Å²) in [5, 5.41) is 0. The van der Waals surface area contributed by atoms with Crippen LogP contribution in [-0.4, -0.2) is 0 Å². The van der Waals surface area contributed by atoms with Gasteiger partial charge in [-0.15, -0.1) is 0 Å². The first-order chi connectivity index (χ1) is 6.77. The van der Waals surface area contributed by atoms with Crippen LogP contribution in [0, 0.1) is 0 Å². The first kappa shape index (κ1) is 9.20. The summed E-state index contributed by atoms with van der Waals surface area (Å²) in [5.74, 6) is -0.0869. The standard InChI is InChI=1S/C13H13F/c1-10-7-8-12(13(14)9-10)11-5-3-2-4-6-11/h2-7,9,12H,8H2,1H3. The maximum absolute atomic E-state index is 13.6. The Kier molecular flexibility index (Phi) is 2.49. The van der Waals surface area contributed by atoms with Crippen LogP contribution in [0.3, 0.4) is 0 Å². The largest absolute Gasteiger partial charge is 0.211 e. The van der Waals surface area contributed by atoms with Crippen LogP contribution in [0.2, 0.25) is 0 Å². The van der Waals surface area contributed by atoms with Gasteiger partial charge in [0.15, 0.2) is 0 Å². The second-order valence-electron chi connectivity index (χ2n) is 3.68. The molecular weight excluding hydrogens is 175 g/mol. The Labute approximate surface area is 83.8 Å². The van der Waals surface area contributed by atoms with E-state index >= 15 is 0 Å². The van der Waals surface area contributed by atoms with Crippen molar-refractivity contribution in [2.24, 2.45) is 0 Å². The van der Waals surface area contributed by atoms with Crippen molar-refractivity contribution < 1.29 is 4.39 Å². The third-order valence-corrected chi connectivity index (χ3v) is 2.58. The van der Waals surface area contributed by atoms with Gasteiger partial charge in [0.25, 0.3) is 0 Å². The lowest BCUT2D eigenvalue weighted by atomic mass is 9.89. The van der Waals surface area contributed by atoms with Crippen molar-refractivity contribution in [2.75, 3.05) is 0 Å². The van der Waals surface area contributed by atoms with Gasteiger partial charge in [-0.3, -0.25) is 0 Å². The van der Waals surface area contributed by atoms with Crippen LogP contribution in [0.4, 0.5) is 4.39 Å². The van der Waals surface area contributed by atoms with Crippen molar-refractivity contribution in [2.45, 2.75) is 19.3 Å². The minimum Gasteiger partial charge on any atom is -0.211 e.